The van der Waals surface area contributed by atoms with Gasteiger partial charge in [0.25, 0.3) is 0 Å². The minimum Gasteiger partial charge on any atom is -0.325 e. The molecule has 0 bridgehead atoms. The van der Waals surface area contributed by atoms with Crippen molar-refractivity contribution in [3.05, 3.63) is 30.1 Å². The number of nitrogens with two attached hydrogens (primary N) is 1. The molecule has 1 aromatic rings. The molecule has 2 rings (SSSR count). The molecule has 0 spiro atoms. The van der Waals surface area contributed by atoms with Gasteiger partial charge in [0.2, 0.25) is 5.91 Å². The Morgan fingerprint density at radius 3 is 2.89 bits per heavy atom. The number of nitrogens with zero attached hydrogens (tertiary/aromatic N) is 1. The minimum atomic E-state index is -0.358. The van der Waals surface area contributed by atoms with E-state index in [9.17, 15) is 9.18 Å². The molecule has 1 aromatic carbocycles. The molecule has 0 atom stereocenters. The largest absolute Gasteiger partial charge is 0.325 e. The average Bonchev–Trinajstić information content (AvgIpc) is 2.26. The number of carbonyl (C=O) groups excluding carboxylic acids is 1. The maximum absolute atomic E-state index is 12.9. The highest BCUT2D eigenvalue weighted by Crippen LogP contribution is 2.20. The molecule has 1 aliphatic rings. The third kappa shape index (κ3) is 3.05. The lowest BCUT2D eigenvalue weighted by molar-refractivity contribution is -0.119. The minimum absolute atomic E-state index is 0.140. The van der Waals surface area contributed by atoms with Gasteiger partial charge in [-0.05, 0) is 24.6 Å². The summed E-state index contributed by atoms with van der Waals surface area (Å²) < 4.78 is 12.9. The third-order valence-electron chi connectivity index (χ3n) is 3.26. The zero-order chi connectivity index (χ0) is 13.2. The van der Waals surface area contributed by atoms with E-state index in [1.165, 1.54) is 12.1 Å². The Hall–Kier alpha value is -1.46. The van der Waals surface area contributed by atoms with Gasteiger partial charge in [-0.3, -0.25) is 9.69 Å². The maximum atomic E-state index is 12.9. The van der Waals surface area contributed by atoms with Gasteiger partial charge < -0.3 is 11.1 Å². The van der Waals surface area contributed by atoms with Crippen molar-refractivity contribution in [2.45, 2.75) is 18.9 Å². The summed E-state index contributed by atoms with van der Waals surface area (Å²) >= 11 is 0. The molecular formula is C13H18FN3O. The van der Waals surface area contributed by atoms with Crippen LogP contribution < -0.4 is 11.1 Å². The van der Waals surface area contributed by atoms with E-state index in [1.54, 1.807) is 12.1 Å². The first kappa shape index (κ1) is 13.0. The lowest BCUT2D eigenvalue weighted by Crippen LogP contribution is -2.67. The molecule has 0 aromatic heterocycles. The Morgan fingerprint density at radius 2 is 2.28 bits per heavy atom. The second-order valence-electron chi connectivity index (χ2n) is 4.92. The van der Waals surface area contributed by atoms with Gasteiger partial charge in [-0.25, -0.2) is 4.39 Å². The van der Waals surface area contributed by atoms with E-state index in [1.807, 2.05) is 11.8 Å². The highest BCUT2D eigenvalue weighted by atomic mass is 19.1. The number of halogens is 1. The summed E-state index contributed by atoms with van der Waals surface area (Å²) in [5.74, 6) is -0.498. The Labute approximate surface area is 106 Å². The maximum Gasteiger partial charge on any atom is 0.238 e. The molecule has 1 saturated heterocycles. The first-order valence-electron chi connectivity index (χ1n) is 6.07. The molecule has 1 heterocycles. The van der Waals surface area contributed by atoms with Crippen LogP contribution in [0, 0.1) is 5.82 Å². The van der Waals surface area contributed by atoms with Crippen LogP contribution in [0.2, 0.25) is 0 Å². The molecule has 1 amide bonds. The van der Waals surface area contributed by atoms with Crippen LogP contribution in [0.4, 0.5) is 10.1 Å². The first-order valence-corrected chi connectivity index (χ1v) is 6.07. The van der Waals surface area contributed by atoms with Crippen LogP contribution in [0.25, 0.3) is 0 Å². The predicted octanol–water partition coefficient (Wildman–Crippen LogP) is 1.19. The number of benzene rings is 1. The molecule has 0 saturated carbocycles. The van der Waals surface area contributed by atoms with Crippen molar-refractivity contribution in [2.75, 3.05) is 25.0 Å². The van der Waals surface area contributed by atoms with Gasteiger partial charge in [-0.1, -0.05) is 13.0 Å². The molecular weight excluding hydrogens is 233 g/mol. The van der Waals surface area contributed by atoms with E-state index < -0.39 is 0 Å². The fourth-order valence-corrected chi connectivity index (χ4v) is 2.15. The second kappa shape index (κ2) is 5.04. The monoisotopic (exact) mass is 251 g/mol. The highest BCUT2D eigenvalue weighted by molar-refractivity contribution is 5.92. The van der Waals surface area contributed by atoms with Crippen molar-refractivity contribution in [1.29, 1.82) is 0 Å². The van der Waals surface area contributed by atoms with E-state index in [2.05, 4.69) is 5.32 Å². The van der Waals surface area contributed by atoms with Crippen LogP contribution in [0.5, 0.6) is 0 Å². The fraction of sp³-hybridized carbons (Fsp3) is 0.462. The number of amides is 1. The third-order valence-corrected chi connectivity index (χ3v) is 3.26. The summed E-state index contributed by atoms with van der Waals surface area (Å²) in [6.45, 7) is 3.82. The number of hydrogen-bond acceptors (Lipinski definition) is 3. The highest BCUT2D eigenvalue weighted by Gasteiger charge is 2.38. The normalized spacial score (nSPS) is 18.2. The number of hydrogen-bond donors (Lipinski definition) is 2. The number of likely N-dealkylation sites (tertiary alicyclic amines) is 1. The van der Waals surface area contributed by atoms with Crippen molar-refractivity contribution < 1.29 is 9.18 Å². The van der Waals surface area contributed by atoms with Crippen molar-refractivity contribution in [3.63, 3.8) is 0 Å². The number of nitrogens with one attached hydrogen (secondary N) is 1. The van der Waals surface area contributed by atoms with Crippen molar-refractivity contribution in [2.24, 2.45) is 5.73 Å². The lowest BCUT2D eigenvalue weighted by Gasteiger charge is -2.47. The molecule has 1 fully saturated rings. The Bertz CT molecular complexity index is 444. The summed E-state index contributed by atoms with van der Waals surface area (Å²) in [5.41, 5.74) is 6.36. The van der Waals surface area contributed by atoms with E-state index in [0.717, 1.165) is 19.5 Å². The average molecular weight is 251 g/mol. The molecule has 0 unspecified atom stereocenters. The van der Waals surface area contributed by atoms with E-state index in [4.69, 9.17) is 5.73 Å². The van der Waals surface area contributed by atoms with Crippen LogP contribution in [0.1, 0.15) is 13.3 Å². The van der Waals surface area contributed by atoms with Crippen LogP contribution in [0.3, 0.4) is 0 Å². The number of carbonyl (C=O) groups is 1. The van der Waals surface area contributed by atoms with Crippen LogP contribution >= 0.6 is 0 Å². The summed E-state index contributed by atoms with van der Waals surface area (Å²) in [6.07, 6.45) is 0.912. The van der Waals surface area contributed by atoms with Crippen LogP contribution in [0.15, 0.2) is 24.3 Å². The van der Waals surface area contributed by atoms with Gasteiger partial charge in [0, 0.05) is 24.3 Å². The Morgan fingerprint density at radius 1 is 1.56 bits per heavy atom. The van der Waals surface area contributed by atoms with Gasteiger partial charge in [0.05, 0.1) is 6.54 Å². The molecule has 4 nitrogen and oxygen atoms in total. The Kier molecular flexibility index (Phi) is 3.63. The molecule has 1 aliphatic heterocycles. The SMILES string of the molecule is CCC1(N)CN(CC(=O)Nc2cccc(F)c2)C1. The van der Waals surface area contributed by atoms with Crippen molar-refractivity contribution in [1.82, 2.24) is 4.90 Å². The second-order valence-corrected chi connectivity index (χ2v) is 4.92. The summed E-state index contributed by atoms with van der Waals surface area (Å²) in [6, 6.07) is 5.87. The zero-order valence-corrected chi connectivity index (χ0v) is 10.4. The fourth-order valence-electron chi connectivity index (χ4n) is 2.15. The van der Waals surface area contributed by atoms with Crippen molar-refractivity contribution in [3.8, 4) is 0 Å². The molecule has 0 radical (unpaired) electrons. The summed E-state index contributed by atoms with van der Waals surface area (Å²) in [5, 5.41) is 2.67. The first-order chi connectivity index (χ1) is 8.50. The quantitative estimate of drug-likeness (QED) is 0.845. The van der Waals surface area contributed by atoms with Crippen LogP contribution in [-0.4, -0.2) is 36.0 Å². The number of anilines is 1. The molecule has 5 heteroatoms. The predicted molar refractivity (Wildman–Crippen MR) is 68.7 cm³/mol. The lowest BCUT2D eigenvalue weighted by atomic mass is 9.88. The van der Waals surface area contributed by atoms with Gasteiger partial charge in [0.15, 0.2) is 0 Å². The smallest absolute Gasteiger partial charge is 0.238 e. The van der Waals surface area contributed by atoms with E-state index >= 15 is 0 Å². The molecule has 3 N–H and O–H groups in total. The van der Waals surface area contributed by atoms with Gasteiger partial charge in [0.1, 0.15) is 5.82 Å². The van der Waals surface area contributed by atoms with Crippen LogP contribution in [-0.2, 0) is 4.79 Å². The van der Waals surface area contributed by atoms with Gasteiger partial charge >= 0.3 is 0 Å². The summed E-state index contributed by atoms with van der Waals surface area (Å²) in [4.78, 5) is 13.7. The van der Waals surface area contributed by atoms with E-state index in [-0.39, 0.29) is 17.3 Å². The molecule has 18 heavy (non-hydrogen) atoms. The molecule has 0 aliphatic carbocycles. The topological polar surface area (TPSA) is 58.4 Å². The zero-order valence-electron chi connectivity index (χ0n) is 10.4. The van der Waals surface area contributed by atoms with E-state index in [0.29, 0.717) is 12.2 Å². The standard InChI is InChI=1S/C13H18FN3O/c1-2-13(15)8-17(9-13)7-12(18)16-11-5-3-4-10(14)6-11/h3-6H,2,7-9,15H2,1H3,(H,16,18). The summed E-state index contributed by atoms with van der Waals surface area (Å²) in [7, 11) is 0. The Balaban J connectivity index is 1.80. The number of rotatable bonds is 4. The molecule has 98 valence electrons. The van der Waals surface area contributed by atoms with Crippen molar-refractivity contribution >= 4 is 11.6 Å². The van der Waals surface area contributed by atoms with Gasteiger partial charge in [-0.2, -0.15) is 0 Å². The van der Waals surface area contributed by atoms with Gasteiger partial charge in [-0.15, -0.1) is 0 Å².